The van der Waals surface area contributed by atoms with E-state index >= 15 is 0 Å². The first-order chi connectivity index (χ1) is 17.0. The molecular weight excluding hydrogens is 465 g/mol. The van der Waals surface area contributed by atoms with Crippen LogP contribution in [-0.2, 0) is 15.7 Å². The molecule has 0 amide bonds. The second-order valence-corrected chi connectivity index (χ2v) is 11.7. The second kappa shape index (κ2) is 10.9. The van der Waals surface area contributed by atoms with E-state index < -0.39 is 16.9 Å². The maximum absolute atomic E-state index is 14.0. The van der Waals surface area contributed by atoms with Crippen molar-refractivity contribution in [2.24, 2.45) is 11.3 Å². The van der Waals surface area contributed by atoms with E-state index in [2.05, 4.69) is 19.1 Å². The average molecular weight is 500 g/mol. The number of allylic oxidation sites excluding steroid dienone is 2. The van der Waals surface area contributed by atoms with Crippen LogP contribution in [0.1, 0.15) is 32.1 Å². The monoisotopic (exact) mass is 499 g/mol. The molecule has 9 heteroatoms. The fourth-order valence-electron chi connectivity index (χ4n) is 5.70. The lowest BCUT2D eigenvalue weighted by Crippen LogP contribution is -2.50. The van der Waals surface area contributed by atoms with Crippen molar-refractivity contribution in [1.82, 2.24) is 14.2 Å². The van der Waals surface area contributed by atoms with E-state index in [9.17, 15) is 8.60 Å². The summed E-state index contributed by atoms with van der Waals surface area (Å²) in [6, 6.07) is 5.95. The van der Waals surface area contributed by atoms with E-state index in [0.717, 1.165) is 94.6 Å². The van der Waals surface area contributed by atoms with Crippen LogP contribution in [0.5, 0.6) is 0 Å². The van der Waals surface area contributed by atoms with Crippen LogP contribution in [0.2, 0.25) is 0 Å². The van der Waals surface area contributed by atoms with Crippen molar-refractivity contribution >= 4 is 16.8 Å². The molecule has 3 saturated heterocycles. The number of piperidine rings is 2. The summed E-state index contributed by atoms with van der Waals surface area (Å²) in [4.78, 5) is 9.95. The third-order valence-electron chi connectivity index (χ3n) is 7.87. The minimum Gasteiger partial charge on any atom is -0.378 e. The van der Waals surface area contributed by atoms with Gasteiger partial charge in [0.15, 0.2) is 0 Å². The summed E-state index contributed by atoms with van der Waals surface area (Å²) in [6.07, 6.45) is 10.1. The molecule has 0 radical (unpaired) electrons. The number of nitrogens with zero attached hydrogens (tertiary/aromatic N) is 5. The van der Waals surface area contributed by atoms with Crippen LogP contribution in [0, 0.1) is 22.7 Å². The molecule has 2 atom stereocenters. The van der Waals surface area contributed by atoms with Gasteiger partial charge in [-0.05, 0) is 74.4 Å². The Labute approximate surface area is 209 Å². The Balaban J connectivity index is 1.15. The zero-order valence-electron chi connectivity index (χ0n) is 20.2. The van der Waals surface area contributed by atoms with Crippen LogP contribution in [0.15, 0.2) is 46.8 Å². The lowest BCUT2D eigenvalue weighted by molar-refractivity contribution is 0.0582. The first kappa shape index (κ1) is 24.6. The molecule has 1 aromatic heterocycles. The highest BCUT2D eigenvalue weighted by Gasteiger charge is 2.40. The summed E-state index contributed by atoms with van der Waals surface area (Å²) in [5.74, 6) is -0.0120. The molecule has 0 saturated carbocycles. The normalized spacial score (nSPS) is 26.6. The van der Waals surface area contributed by atoms with Gasteiger partial charge in [-0.1, -0.05) is 6.08 Å². The molecule has 0 bridgehead atoms. The summed E-state index contributed by atoms with van der Waals surface area (Å²) in [5.41, 5.74) is 1.17. The highest BCUT2D eigenvalue weighted by Crippen LogP contribution is 2.41. The Kier molecular flexibility index (Phi) is 7.63. The van der Waals surface area contributed by atoms with Gasteiger partial charge in [0.25, 0.3) is 0 Å². The van der Waals surface area contributed by atoms with E-state index in [-0.39, 0.29) is 11.2 Å². The number of morpholine rings is 1. The van der Waals surface area contributed by atoms with E-state index in [1.807, 2.05) is 24.3 Å². The second-order valence-electron chi connectivity index (χ2n) is 10.2. The molecular formula is C26H34FN5O2S. The largest absolute Gasteiger partial charge is 0.378 e. The molecule has 4 heterocycles. The first-order valence-electron chi connectivity index (χ1n) is 12.7. The minimum absolute atomic E-state index is 0.194. The maximum atomic E-state index is 14.0. The van der Waals surface area contributed by atoms with E-state index in [4.69, 9.17) is 10.00 Å². The number of anilines is 1. The van der Waals surface area contributed by atoms with E-state index in [0.29, 0.717) is 6.42 Å². The van der Waals surface area contributed by atoms with Gasteiger partial charge in [-0.3, -0.25) is 4.90 Å². The summed E-state index contributed by atoms with van der Waals surface area (Å²) in [7, 11) is -1.20. The van der Waals surface area contributed by atoms with Crippen LogP contribution in [0.4, 0.5) is 10.2 Å². The molecule has 0 N–H and O–H groups in total. The van der Waals surface area contributed by atoms with Gasteiger partial charge < -0.3 is 9.64 Å². The predicted molar refractivity (Wildman–Crippen MR) is 134 cm³/mol. The van der Waals surface area contributed by atoms with Crippen molar-refractivity contribution in [3.8, 4) is 6.07 Å². The molecule has 3 fully saturated rings. The number of likely N-dealkylation sites (tertiary alicyclic amines) is 1. The topological polar surface area (TPSA) is 72.7 Å². The van der Waals surface area contributed by atoms with Crippen molar-refractivity contribution in [3.05, 3.63) is 41.9 Å². The summed E-state index contributed by atoms with van der Waals surface area (Å²) >= 11 is 0. The molecule has 4 aliphatic rings. The van der Waals surface area contributed by atoms with Crippen molar-refractivity contribution in [3.63, 3.8) is 0 Å². The lowest BCUT2D eigenvalue weighted by Gasteiger charge is -2.47. The molecule has 5 rings (SSSR count). The third kappa shape index (κ3) is 5.67. The number of aromatic nitrogens is 1. The molecule has 1 spiro atoms. The van der Waals surface area contributed by atoms with Crippen molar-refractivity contribution in [2.75, 3.05) is 63.9 Å². The van der Waals surface area contributed by atoms with Gasteiger partial charge in [-0.25, -0.2) is 17.9 Å². The van der Waals surface area contributed by atoms with E-state index in [1.54, 1.807) is 12.3 Å². The standard InChI is InChI=1S/C26H34FN5O2S/c27-24-16-21(2-3-22(24)17-28)19-30-10-7-26(8-11-30)6-1-9-32(20-26)35(33)23-4-5-25(29-18-23)31-12-14-34-15-13-31/h2,4-5,16,18,22H,1,3,6-15,19-20H2. The van der Waals surface area contributed by atoms with E-state index in [1.165, 1.54) is 6.42 Å². The smallest absolute Gasteiger partial charge is 0.129 e. The lowest BCUT2D eigenvalue weighted by atomic mass is 9.73. The highest BCUT2D eigenvalue weighted by molar-refractivity contribution is 7.82. The van der Waals surface area contributed by atoms with Gasteiger partial charge in [0.2, 0.25) is 0 Å². The third-order valence-corrected chi connectivity index (χ3v) is 9.29. The van der Waals surface area contributed by atoms with Crippen LogP contribution >= 0.6 is 0 Å². The Hall–Kier alpha value is -2.12. The number of nitriles is 1. The Bertz CT molecular complexity index is 1020. The number of hydrogen-bond acceptors (Lipinski definition) is 6. The van der Waals surface area contributed by atoms with Crippen LogP contribution in [0.3, 0.4) is 0 Å². The van der Waals surface area contributed by atoms with Gasteiger partial charge in [0.05, 0.1) is 24.2 Å². The predicted octanol–water partition coefficient (Wildman–Crippen LogP) is 3.44. The zero-order valence-corrected chi connectivity index (χ0v) is 21.0. The molecule has 1 aliphatic carbocycles. The molecule has 188 valence electrons. The van der Waals surface area contributed by atoms with Crippen molar-refractivity contribution in [2.45, 2.75) is 37.0 Å². The Morgan fingerprint density at radius 2 is 1.97 bits per heavy atom. The highest BCUT2D eigenvalue weighted by atomic mass is 32.2. The first-order valence-corrected chi connectivity index (χ1v) is 13.8. The molecule has 3 aliphatic heterocycles. The summed E-state index contributed by atoms with van der Waals surface area (Å²) in [6.45, 7) is 7.47. The maximum Gasteiger partial charge on any atom is 0.129 e. The number of halogens is 1. The molecule has 1 aromatic rings. The van der Waals surface area contributed by atoms with Gasteiger partial charge in [-0.2, -0.15) is 5.26 Å². The average Bonchev–Trinajstić information content (AvgIpc) is 2.91. The van der Waals surface area contributed by atoms with Crippen molar-refractivity contribution in [1.29, 1.82) is 5.26 Å². The number of ether oxygens (including phenoxy) is 1. The number of rotatable bonds is 5. The van der Waals surface area contributed by atoms with Gasteiger partial charge in [0, 0.05) is 38.9 Å². The molecule has 0 aromatic carbocycles. The van der Waals surface area contributed by atoms with Crippen molar-refractivity contribution < 1.29 is 13.3 Å². The Morgan fingerprint density at radius 1 is 1.17 bits per heavy atom. The quantitative estimate of drug-likeness (QED) is 0.618. The van der Waals surface area contributed by atoms with Gasteiger partial charge in [0.1, 0.15) is 28.5 Å². The fourth-order valence-corrected chi connectivity index (χ4v) is 7.01. The minimum atomic E-state index is -1.20. The fraction of sp³-hybridized carbons (Fsp3) is 0.615. The number of pyridine rings is 1. The van der Waals surface area contributed by atoms with Crippen LogP contribution in [0.25, 0.3) is 0 Å². The molecule has 7 nitrogen and oxygen atoms in total. The molecule has 35 heavy (non-hydrogen) atoms. The molecule has 2 unspecified atom stereocenters. The number of hydrogen-bond donors (Lipinski definition) is 0. The zero-order chi connectivity index (χ0) is 24.3. The van der Waals surface area contributed by atoms with Gasteiger partial charge in [-0.15, -0.1) is 0 Å². The SMILES string of the molecule is N#CC1CC=C(CN2CCC3(CCCN(S(=O)c4ccc(N5CCOCC5)nc4)C3)CC2)C=C1F. The Morgan fingerprint density at radius 3 is 2.66 bits per heavy atom. The summed E-state index contributed by atoms with van der Waals surface area (Å²) in [5, 5.41) is 9.00. The van der Waals surface area contributed by atoms with Crippen LogP contribution < -0.4 is 4.90 Å². The van der Waals surface area contributed by atoms with Crippen LogP contribution in [-0.4, -0.2) is 77.4 Å². The summed E-state index contributed by atoms with van der Waals surface area (Å²) < 4.78 is 35.0. The van der Waals surface area contributed by atoms with Gasteiger partial charge >= 0.3 is 0 Å².